The van der Waals surface area contributed by atoms with Gasteiger partial charge >= 0.3 is 11.9 Å². The quantitative estimate of drug-likeness (QED) is 0.457. The van der Waals surface area contributed by atoms with Gasteiger partial charge in [-0.2, -0.15) is 0 Å². The van der Waals surface area contributed by atoms with Crippen LogP contribution in [0.25, 0.3) is 10.9 Å². The third-order valence-corrected chi connectivity index (χ3v) is 6.69. The van der Waals surface area contributed by atoms with Gasteiger partial charge in [0.2, 0.25) is 0 Å². The van der Waals surface area contributed by atoms with Crippen LogP contribution in [0.5, 0.6) is 0 Å². The lowest BCUT2D eigenvalue weighted by molar-refractivity contribution is -0.146. The number of amides is 2. The molecule has 0 saturated carbocycles. The molecule has 2 aromatic heterocycles. The van der Waals surface area contributed by atoms with Crippen molar-refractivity contribution in [1.82, 2.24) is 10.3 Å². The van der Waals surface area contributed by atoms with Crippen LogP contribution >= 0.6 is 11.3 Å². The number of hydrogen-bond donors (Lipinski definition) is 2. The Kier molecular flexibility index (Phi) is 8.18. The second-order valence-electron chi connectivity index (χ2n) is 7.76. The summed E-state index contributed by atoms with van der Waals surface area (Å²) in [5.74, 6) is -2.26. The van der Waals surface area contributed by atoms with Crippen LogP contribution in [-0.4, -0.2) is 49.0 Å². The second kappa shape index (κ2) is 11.1. The molecule has 3 aromatic rings. The Morgan fingerprint density at radius 2 is 1.74 bits per heavy atom. The lowest BCUT2D eigenvalue weighted by atomic mass is 10.00. The maximum atomic E-state index is 12.5. The van der Waals surface area contributed by atoms with E-state index in [4.69, 9.17) is 9.47 Å². The van der Waals surface area contributed by atoms with Crippen LogP contribution in [0.1, 0.15) is 49.3 Å². The van der Waals surface area contributed by atoms with E-state index < -0.39 is 24.5 Å². The van der Waals surface area contributed by atoms with Crippen LogP contribution in [0.3, 0.4) is 0 Å². The highest BCUT2D eigenvalue weighted by molar-refractivity contribution is 7.18. The lowest BCUT2D eigenvalue weighted by Crippen LogP contribution is -2.22. The molecule has 0 saturated heterocycles. The summed E-state index contributed by atoms with van der Waals surface area (Å²) in [4.78, 5) is 54.4. The average molecular weight is 498 g/mol. The summed E-state index contributed by atoms with van der Waals surface area (Å²) in [6, 6.07) is 7.66. The molecule has 0 bridgehead atoms. The van der Waals surface area contributed by atoms with Crippen molar-refractivity contribution in [3.8, 4) is 0 Å². The van der Waals surface area contributed by atoms with Crippen molar-refractivity contribution in [2.45, 2.75) is 34.1 Å². The van der Waals surface area contributed by atoms with E-state index in [1.165, 1.54) is 7.05 Å². The molecule has 0 aliphatic rings. The molecular formula is C25H27N3O6S. The number of rotatable bonds is 8. The van der Waals surface area contributed by atoms with Gasteiger partial charge in [0.05, 0.1) is 29.0 Å². The van der Waals surface area contributed by atoms with E-state index >= 15 is 0 Å². The Labute approximate surface area is 206 Å². The van der Waals surface area contributed by atoms with E-state index in [1.54, 1.807) is 13.8 Å². The molecule has 0 unspecified atom stereocenters. The molecule has 2 heterocycles. The zero-order valence-corrected chi connectivity index (χ0v) is 21.1. The minimum atomic E-state index is -0.654. The number of aryl methyl sites for hydroxylation is 2. The fourth-order valence-electron chi connectivity index (χ4n) is 3.72. The molecule has 0 aliphatic heterocycles. The molecule has 2 amide bonds. The van der Waals surface area contributed by atoms with Gasteiger partial charge in [-0.15, -0.1) is 11.3 Å². The first-order valence-corrected chi connectivity index (χ1v) is 11.8. The van der Waals surface area contributed by atoms with Gasteiger partial charge < -0.3 is 20.1 Å². The normalized spacial score (nSPS) is 10.7. The Bertz CT molecular complexity index is 1310. The maximum absolute atomic E-state index is 12.5. The third-order valence-electron chi connectivity index (χ3n) is 5.48. The second-order valence-corrected chi connectivity index (χ2v) is 8.78. The fourth-order valence-corrected chi connectivity index (χ4v) is 4.87. The Morgan fingerprint density at radius 3 is 2.43 bits per heavy atom. The number of esters is 2. The number of ether oxygens (including phenoxy) is 2. The van der Waals surface area contributed by atoms with Crippen molar-refractivity contribution in [3.05, 3.63) is 57.1 Å². The largest absolute Gasteiger partial charge is 0.462 e. The summed E-state index contributed by atoms with van der Waals surface area (Å²) in [5, 5.41) is 6.18. The Balaban J connectivity index is 1.71. The van der Waals surface area contributed by atoms with Gasteiger partial charge in [0.15, 0.2) is 6.61 Å². The van der Waals surface area contributed by atoms with E-state index in [9.17, 15) is 19.2 Å². The molecule has 3 rings (SSSR count). The number of para-hydroxylation sites is 1. The maximum Gasteiger partial charge on any atom is 0.341 e. The SMILES string of the molecule is CCOC(=O)c1c(NC(=O)COC(=O)Cc2c(C)nc3ccccc3c2C)sc(C(=O)NC)c1C. The van der Waals surface area contributed by atoms with Gasteiger partial charge in [-0.3, -0.25) is 19.4 Å². The van der Waals surface area contributed by atoms with Gasteiger partial charge in [-0.25, -0.2) is 4.79 Å². The van der Waals surface area contributed by atoms with Crippen molar-refractivity contribution < 1.29 is 28.7 Å². The van der Waals surface area contributed by atoms with Crippen LogP contribution in [0.15, 0.2) is 24.3 Å². The third kappa shape index (κ3) is 5.65. The molecule has 0 aliphatic carbocycles. The Morgan fingerprint density at radius 1 is 1.03 bits per heavy atom. The summed E-state index contributed by atoms with van der Waals surface area (Å²) in [7, 11) is 1.47. The van der Waals surface area contributed by atoms with Crippen molar-refractivity contribution in [2.75, 3.05) is 25.6 Å². The monoisotopic (exact) mass is 497 g/mol. The first kappa shape index (κ1) is 25.8. The van der Waals surface area contributed by atoms with Crippen molar-refractivity contribution in [2.24, 2.45) is 0 Å². The predicted molar refractivity (Wildman–Crippen MR) is 133 cm³/mol. The summed E-state index contributed by atoms with van der Waals surface area (Å²) in [6.07, 6.45) is -0.0320. The fraction of sp³-hybridized carbons (Fsp3) is 0.320. The average Bonchev–Trinajstić information content (AvgIpc) is 3.15. The first-order chi connectivity index (χ1) is 16.7. The van der Waals surface area contributed by atoms with Gasteiger partial charge in [-0.1, -0.05) is 18.2 Å². The smallest absolute Gasteiger partial charge is 0.341 e. The zero-order chi connectivity index (χ0) is 25.7. The van der Waals surface area contributed by atoms with Crippen molar-refractivity contribution in [3.63, 3.8) is 0 Å². The predicted octanol–water partition coefficient (Wildman–Crippen LogP) is 3.48. The van der Waals surface area contributed by atoms with E-state index in [1.807, 2.05) is 38.1 Å². The number of fused-ring (bicyclic) bond motifs is 1. The highest BCUT2D eigenvalue weighted by atomic mass is 32.1. The number of nitrogens with zero attached hydrogens (tertiary/aromatic N) is 1. The number of hydrogen-bond acceptors (Lipinski definition) is 8. The van der Waals surface area contributed by atoms with Crippen LogP contribution < -0.4 is 10.6 Å². The summed E-state index contributed by atoms with van der Waals surface area (Å²) < 4.78 is 10.3. The highest BCUT2D eigenvalue weighted by Crippen LogP contribution is 2.33. The van der Waals surface area contributed by atoms with Gasteiger partial charge in [0, 0.05) is 18.1 Å². The van der Waals surface area contributed by atoms with E-state index in [-0.39, 0.29) is 34.4 Å². The van der Waals surface area contributed by atoms with Crippen LogP contribution in [0.4, 0.5) is 5.00 Å². The standard InChI is InChI=1S/C25H27N3O6S/c1-6-33-25(32)21-14(3)22(23(31)26-5)35-24(21)28-19(29)12-34-20(30)11-17-13(2)16-9-7-8-10-18(16)27-15(17)4/h7-10H,6,11-12H2,1-5H3,(H,26,31)(H,28,29). The van der Waals surface area contributed by atoms with Crippen LogP contribution in [-0.2, 0) is 25.5 Å². The summed E-state index contributed by atoms with van der Waals surface area (Å²) >= 11 is 0.950. The highest BCUT2D eigenvalue weighted by Gasteiger charge is 2.26. The van der Waals surface area contributed by atoms with Crippen LogP contribution in [0.2, 0.25) is 0 Å². The molecule has 35 heavy (non-hydrogen) atoms. The van der Waals surface area contributed by atoms with Gasteiger partial charge in [0.25, 0.3) is 11.8 Å². The van der Waals surface area contributed by atoms with Crippen LogP contribution in [0, 0.1) is 20.8 Å². The molecular weight excluding hydrogens is 470 g/mol. The number of anilines is 1. The summed E-state index contributed by atoms with van der Waals surface area (Å²) in [5.41, 5.74) is 3.75. The number of pyridine rings is 1. The van der Waals surface area contributed by atoms with Crippen molar-refractivity contribution >= 4 is 51.0 Å². The number of benzene rings is 1. The minimum Gasteiger partial charge on any atom is -0.462 e. The van der Waals surface area contributed by atoms with E-state index in [0.29, 0.717) is 5.56 Å². The first-order valence-electron chi connectivity index (χ1n) is 11.0. The molecule has 10 heteroatoms. The number of nitrogens with one attached hydrogen (secondary N) is 2. The number of thiophene rings is 1. The molecule has 0 radical (unpaired) electrons. The van der Waals surface area contributed by atoms with Crippen molar-refractivity contribution in [1.29, 1.82) is 0 Å². The van der Waals surface area contributed by atoms with E-state index in [2.05, 4.69) is 15.6 Å². The van der Waals surface area contributed by atoms with Gasteiger partial charge in [0.1, 0.15) is 5.00 Å². The molecule has 0 spiro atoms. The Hall–Kier alpha value is -3.79. The lowest BCUT2D eigenvalue weighted by Gasteiger charge is -2.12. The van der Waals surface area contributed by atoms with Gasteiger partial charge in [-0.05, 0) is 50.5 Å². The number of carbonyl (C=O) groups excluding carboxylic acids is 4. The molecule has 2 N–H and O–H groups in total. The number of aromatic nitrogens is 1. The minimum absolute atomic E-state index is 0.0320. The molecule has 184 valence electrons. The molecule has 0 atom stereocenters. The molecule has 9 nitrogen and oxygen atoms in total. The zero-order valence-electron chi connectivity index (χ0n) is 20.2. The number of carbonyl (C=O) groups is 4. The van der Waals surface area contributed by atoms with E-state index in [0.717, 1.165) is 39.1 Å². The summed E-state index contributed by atoms with van der Waals surface area (Å²) in [6.45, 7) is 6.60. The molecule has 0 fully saturated rings. The molecule has 1 aromatic carbocycles. The topological polar surface area (TPSA) is 124 Å².